The summed E-state index contributed by atoms with van der Waals surface area (Å²) in [6, 6.07) is 13.1. The van der Waals surface area contributed by atoms with E-state index in [0.717, 1.165) is 22.0 Å². The molecular weight excluding hydrogens is 514 g/mol. The number of H-pyrrole nitrogens is 2. The highest BCUT2D eigenvalue weighted by atomic mass is 16.4. The molecule has 8 N–H and O–H groups in total. The Morgan fingerprint density at radius 1 is 0.825 bits per heavy atom. The normalized spacial score (nSPS) is 13.2. The van der Waals surface area contributed by atoms with Crippen molar-refractivity contribution in [2.75, 3.05) is 6.54 Å². The summed E-state index contributed by atoms with van der Waals surface area (Å²) in [6.45, 7) is -0.320. The highest BCUT2D eigenvalue weighted by Gasteiger charge is 2.30. The molecule has 4 aromatic rings. The molecule has 0 aliphatic carbocycles. The number of nitrogens with two attached hydrogens (primary N) is 1. The molecule has 2 heterocycles. The third-order valence-electron chi connectivity index (χ3n) is 6.45. The molecule has 3 atom stereocenters. The predicted molar refractivity (Wildman–Crippen MR) is 147 cm³/mol. The van der Waals surface area contributed by atoms with E-state index in [2.05, 4.69) is 30.9 Å². The third-order valence-corrected chi connectivity index (χ3v) is 6.45. The minimum Gasteiger partial charge on any atom is -0.480 e. The van der Waals surface area contributed by atoms with Gasteiger partial charge in [-0.15, -0.1) is 0 Å². The first-order valence-corrected chi connectivity index (χ1v) is 12.7. The number of carboxylic acid groups (broad SMARTS) is 1. The maximum absolute atomic E-state index is 13.6. The maximum Gasteiger partial charge on any atom is 0.326 e. The Morgan fingerprint density at radius 3 is 2.17 bits per heavy atom. The van der Waals surface area contributed by atoms with Gasteiger partial charge >= 0.3 is 5.97 Å². The smallest absolute Gasteiger partial charge is 0.326 e. The number of benzene rings is 2. The van der Waals surface area contributed by atoms with Crippen molar-refractivity contribution < 1.29 is 24.3 Å². The van der Waals surface area contributed by atoms with E-state index in [4.69, 9.17) is 5.73 Å². The average molecular weight is 546 g/mol. The molecule has 40 heavy (non-hydrogen) atoms. The third kappa shape index (κ3) is 7.32. The first-order chi connectivity index (χ1) is 19.3. The predicted octanol–water partition coefficient (Wildman–Crippen LogP) is 0.417. The second-order valence-corrected chi connectivity index (χ2v) is 9.32. The van der Waals surface area contributed by atoms with Crippen LogP contribution in [-0.4, -0.2) is 68.4 Å². The molecule has 0 aliphatic heterocycles. The Balaban J connectivity index is 1.56. The number of carboxylic acids is 1. The van der Waals surface area contributed by atoms with Crippen LogP contribution in [0.3, 0.4) is 0 Å². The molecule has 3 unspecified atom stereocenters. The van der Waals surface area contributed by atoms with Crippen LogP contribution >= 0.6 is 0 Å². The zero-order valence-electron chi connectivity index (χ0n) is 21.6. The van der Waals surface area contributed by atoms with Gasteiger partial charge in [-0.1, -0.05) is 48.5 Å². The van der Waals surface area contributed by atoms with Gasteiger partial charge in [-0.2, -0.15) is 0 Å². The van der Waals surface area contributed by atoms with Crippen LogP contribution in [0.1, 0.15) is 16.8 Å². The molecule has 0 saturated carbocycles. The number of imidazole rings is 1. The van der Waals surface area contributed by atoms with Crippen LogP contribution in [0.2, 0.25) is 0 Å². The van der Waals surface area contributed by atoms with Crippen molar-refractivity contribution in [3.8, 4) is 0 Å². The number of para-hydroxylation sites is 1. The summed E-state index contributed by atoms with van der Waals surface area (Å²) in [4.78, 5) is 60.9. The van der Waals surface area contributed by atoms with E-state index in [1.165, 1.54) is 12.5 Å². The van der Waals surface area contributed by atoms with Crippen LogP contribution in [-0.2, 0) is 38.4 Å². The SMILES string of the molecule is NCC(=O)NC(Cc1c[nH]c2ccccc12)C(=O)NC(Cc1ccccc1)C(=O)NC(Cc1cnc[nH]1)C(=O)O. The van der Waals surface area contributed by atoms with Gasteiger partial charge in [0, 0.05) is 48.3 Å². The zero-order chi connectivity index (χ0) is 28.5. The second-order valence-electron chi connectivity index (χ2n) is 9.32. The van der Waals surface area contributed by atoms with Gasteiger partial charge in [0.15, 0.2) is 0 Å². The lowest BCUT2D eigenvalue weighted by atomic mass is 10.0. The van der Waals surface area contributed by atoms with Crippen molar-refractivity contribution in [3.05, 3.63) is 90.1 Å². The first kappa shape index (κ1) is 28.0. The highest BCUT2D eigenvalue weighted by molar-refractivity contribution is 5.94. The maximum atomic E-state index is 13.6. The van der Waals surface area contributed by atoms with Gasteiger partial charge in [0.05, 0.1) is 12.9 Å². The number of fused-ring (bicyclic) bond motifs is 1. The lowest BCUT2D eigenvalue weighted by molar-refractivity contribution is -0.142. The summed E-state index contributed by atoms with van der Waals surface area (Å²) >= 11 is 0. The van der Waals surface area contributed by atoms with Crippen LogP contribution in [0.5, 0.6) is 0 Å². The Kier molecular flexibility index (Phi) is 9.26. The fourth-order valence-electron chi connectivity index (χ4n) is 4.40. The summed E-state index contributed by atoms with van der Waals surface area (Å²) in [6.07, 6.45) is 4.86. The fraction of sp³-hybridized carbons (Fsp3) is 0.250. The number of aromatic amines is 2. The van der Waals surface area contributed by atoms with Crippen molar-refractivity contribution in [1.29, 1.82) is 0 Å². The molecule has 0 saturated heterocycles. The number of aliphatic carboxylic acids is 1. The van der Waals surface area contributed by atoms with Crippen molar-refractivity contribution in [2.45, 2.75) is 37.4 Å². The van der Waals surface area contributed by atoms with Crippen molar-refractivity contribution in [2.24, 2.45) is 5.73 Å². The summed E-state index contributed by atoms with van der Waals surface area (Å²) < 4.78 is 0. The highest BCUT2D eigenvalue weighted by Crippen LogP contribution is 2.19. The number of amides is 3. The molecular formula is C28H31N7O5. The van der Waals surface area contributed by atoms with E-state index in [1.807, 2.05) is 30.3 Å². The van der Waals surface area contributed by atoms with Gasteiger partial charge in [-0.3, -0.25) is 14.4 Å². The average Bonchev–Trinajstić information content (AvgIpc) is 3.62. The molecule has 2 aromatic carbocycles. The molecule has 2 aromatic heterocycles. The lowest BCUT2D eigenvalue weighted by Crippen LogP contribution is -2.57. The van der Waals surface area contributed by atoms with E-state index in [0.29, 0.717) is 5.69 Å². The number of carbonyl (C=O) groups excluding carboxylic acids is 3. The Hall–Kier alpha value is -4.97. The Labute approximate surface area is 229 Å². The van der Waals surface area contributed by atoms with Gasteiger partial charge in [0.25, 0.3) is 0 Å². The monoisotopic (exact) mass is 545 g/mol. The number of hydrogen-bond donors (Lipinski definition) is 7. The van der Waals surface area contributed by atoms with Crippen LogP contribution in [0.15, 0.2) is 73.3 Å². The minimum absolute atomic E-state index is 0.0250. The van der Waals surface area contributed by atoms with Gasteiger partial charge < -0.3 is 36.8 Å². The second kappa shape index (κ2) is 13.2. The number of rotatable bonds is 13. The minimum atomic E-state index is -1.26. The molecule has 208 valence electrons. The number of carbonyl (C=O) groups is 4. The van der Waals surface area contributed by atoms with E-state index >= 15 is 0 Å². The van der Waals surface area contributed by atoms with Crippen molar-refractivity contribution >= 4 is 34.6 Å². The molecule has 0 bridgehead atoms. The molecule has 0 fully saturated rings. The van der Waals surface area contributed by atoms with Crippen LogP contribution < -0.4 is 21.7 Å². The molecule has 0 spiro atoms. The van der Waals surface area contributed by atoms with Crippen LogP contribution in [0, 0.1) is 0 Å². The lowest BCUT2D eigenvalue weighted by Gasteiger charge is -2.24. The number of nitrogens with zero attached hydrogens (tertiary/aromatic N) is 1. The van der Waals surface area contributed by atoms with Gasteiger partial charge in [-0.05, 0) is 17.2 Å². The van der Waals surface area contributed by atoms with E-state index in [9.17, 15) is 24.3 Å². The summed E-state index contributed by atoms with van der Waals surface area (Å²) in [5.41, 5.74) is 8.45. The van der Waals surface area contributed by atoms with Crippen molar-refractivity contribution in [1.82, 2.24) is 30.9 Å². The van der Waals surface area contributed by atoms with E-state index in [1.54, 1.807) is 30.5 Å². The quantitative estimate of drug-likeness (QED) is 0.126. The van der Waals surface area contributed by atoms with E-state index in [-0.39, 0.29) is 25.8 Å². The van der Waals surface area contributed by atoms with Gasteiger partial charge in [-0.25, -0.2) is 9.78 Å². The van der Waals surface area contributed by atoms with Gasteiger partial charge in [0.2, 0.25) is 17.7 Å². The van der Waals surface area contributed by atoms with Crippen molar-refractivity contribution in [3.63, 3.8) is 0 Å². The standard InChI is InChI=1S/C28H31N7O5/c29-13-25(36)33-23(11-18-14-31-21-9-5-4-8-20(18)21)27(38)34-22(10-17-6-2-1-3-7-17)26(37)35-24(28(39)40)12-19-15-30-16-32-19/h1-9,14-16,22-24,31H,10-13,29H2,(H,30,32)(H,33,36)(H,34,38)(H,35,37)(H,39,40). The molecule has 3 amide bonds. The molecule has 12 heteroatoms. The largest absolute Gasteiger partial charge is 0.480 e. The first-order valence-electron chi connectivity index (χ1n) is 12.7. The molecule has 0 aliphatic rings. The molecule has 0 radical (unpaired) electrons. The van der Waals surface area contributed by atoms with E-state index < -0.39 is 41.8 Å². The number of aromatic nitrogens is 3. The number of hydrogen-bond acceptors (Lipinski definition) is 6. The Morgan fingerprint density at radius 2 is 1.50 bits per heavy atom. The molecule has 4 rings (SSSR count). The van der Waals surface area contributed by atoms with Crippen LogP contribution in [0.25, 0.3) is 10.9 Å². The number of nitrogens with one attached hydrogen (secondary N) is 5. The zero-order valence-corrected chi connectivity index (χ0v) is 21.6. The molecule has 12 nitrogen and oxygen atoms in total. The Bertz CT molecular complexity index is 1450. The summed E-state index contributed by atoms with van der Waals surface area (Å²) in [5, 5.41) is 18.5. The fourth-order valence-corrected chi connectivity index (χ4v) is 4.40. The topological polar surface area (TPSA) is 195 Å². The van der Waals surface area contributed by atoms with Crippen LogP contribution in [0.4, 0.5) is 0 Å². The summed E-state index contributed by atoms with van der Waals surface area (Å²) in [7, 11) is 0. The van der Waals surface area contributed by atoms with Gasteiger partial charge in [0.1, 0.15) is 18.1 Å². The summed E-state index contributed by atoms with van der Waals surface area (Å²) in [5.74, 6) is -3.06.